The molecule has 1 aromatic heterocycles. The van der Waals surface area contributed by atoms with Crippen LogP contribution in [0.5, 0.6) is 11.5 Å². The summed E-state index contributed by atoms with van der Waals surface area (Å²) in [4.78, 5) is 4.94. The maximum Gasteiger partial charge on any atom is 0.119 e. The molecule has 6 fully saturated rings. The van der Waals surface area contributed by atoms with Gasteiger partial charge in [-0.05, 0) is 121 Å². The zero-order valence-electron chi connectivity index (χ0n) is 40.0. The molecular formula is C60H62N6O4. The largest absolute Gasteiger partial charge is 0.497 e. The highest BCUT2D eigenvalue weighted by Gasteiger charge is 2.45. The number of fused-ring (bicyclic) bond motifs is 9. The first-order chi connectivity index (χ1) is 34.3. The van der Waals surface area contributed by atoms with Crippen LogP contribution in [-0.2, 0) is 0 Å². The predicted molar refractivity (Wildman–Crippen MR) is 281 cm³/mol. The highest BCUT2D eigenvalue weighted by Crippen LogP contribution is 2.47. The number of aliphatic hydroxyl groups excluding tert-OH is 2. The van der Waals surface area contributed by atoms with Crippen LogP contribution in [0.15, 0.2) is 147 Å². The van der Waals surface area contributed by atoms with Crippen LogP contribution < -0.4 is 20.1 Å². The van der Waals surface area contributed by atoms with Crippen LogP contribution in [0.2, 0.25) is 0 Å². The van der Waals surface area contributed by atoms with E-state index in [4.69, 9.17) is 19.7 Å². The second-order valence-electron chi connectivity index (χ2n) is 20.4. The molecule has 5 aromatic carbocycles. The van der Waals surface area contributed by atoms with E-state index >= 15 is 0 Å². The van der Waals surface area contributed by atoms with Gasteiger partial charge in [0, 0.05) is 69.6 Å². The Morgan fingerprint density at radius 1 is 0.600 bits per heavy atom. The Kier molecular flexibility index (Phi) is 11.7. The Morgan fingerprint density at radius 3 is 1.40 bits per heavy atom. The van der Waals surface area contributed by atoms with Crippen molar-refractivity contribution in [1.29, 1.82) is 0 Å². The van der Waals surface area contributed by atoms with Crippen LogP contribution in [0.1, 0.15) is 60.0 Å². The molecule has 0 spiro atoms. The van der Waals surface area contributed by atoms with Crippen molar-refractivity contribution in [3.63, 3.8) is 0 Å². The minimum atomic E-state index is -0.638. The van der Waals surface area contributed by atoms with Gasteiger partial charge in [0.15, 0.2) is 0 Å². The molecule has 356 valence electrons. The number of nitrogens with zero attached hydrogens (tertiary/aromatic N) is 4. The number of anilines is 2. The van der Waals surface area contributed by atoms with Crippen molar-refractivity contribution in [3.05, 3.63) is 169 Å². The first-order valence-corrected chi connectivity index (χ1v) is 25.2. The molecular weight excluding hydrogens is 869 g/mol. The summed E-state index contributed by atoms with van der Waals surface area (Å²) in [5, 5.41) is 43.8. The summed E-state index contributed by atoms with van der Waals surface area (Å²) in [5.74, 6) is 3.62. The Morgan fingerprint density at radius 2 is 1.03 bits per heavy atom. The fourth-order valence-electron chi connectivity index (χ4n) is 12.9. The molecule has 0 saturated carbocycles. The summed E-state index contributed by atoms with van der Waals surface area (Å²) in [6.07, 6.45) is 11.6. The van der Waals surface area contributed by atoms with Gasteiger partial charge in [0.05, 0.1) is 38.5 Å². The third-order valence-corrected chi connectivity index (χ3v) is 16.8. The van der Waals surface area contributed by atoms with Gasteiger partial charge in [0.2, 0.25) is 0 Å². The standard InChI is InChI=1S/C60H62N6O4/c1-5-35-33-65-25-23-41(35)27-55(65)59(67)49-31-53(61-51-21-19-43(69-3)29-47(49)51)37-11-15-39(16-12-37)57-45-9-7-8-10-46(45)58(64-63-57)40-17-13-38(14-18-40)54-32-50(48-30-44(70-4)20-22-52(48)62-54)60(68)56-28-42-24-26-66(56)34-36(42)6-2/h5-22,29-32,35-36,41-42,53-56,59-62,67-68H,1-2,23-28,33-34H2,3-4H3/t35-,36-,41-,42-,53?,54?,55+,56+,59-,60-/m0/s1. The molecule has 6 aromatic rings. The highest BCUT2D eigenvalue weighted by atomic mass is 16.5. The Bertz CT molecular complexity index is 2840. The second-order valence-corrected chi connectivity index (χ2v) is 20.4. The number of benzene rings is 5. The molecule has 0 amide bonds. The minimum absolute atomic E-state index is 0.0585. The van der Waals surface area contributed by atoms with Gasteiger partial charge in [-0.15, -0.1) is 23.4 Å². The lowest BCUT2D eigenvalue weighted by molar-refractivity contribution is -0.0254. The SMILES string of the molecule is C=C[C@H]1CN2CC[C@H]1C[C@@H]2[C@@H](O)C1=CC(c2ccc(-c3nnc(-c4ccc(C5C=C([C@H](O)[C@H]6C[C@@H]7CCN6C[C@@H]7C=C)c6cc(OC)ccc6N5)cc4)c4ccccc34)cc2)Nc2ccc(OC)cc21. The normalized spacial score (nSPS) is 28.2. The third kappa shape index (κ3) is 7.82. The van der Waals surface area contributed by atoms with E-state index in [9.17, 15) is 10.2 Å². The van der Waals surface area contributed by atoms with E-state index < -0.39 is 12.2 Å². The van der Waals surface area contributed by atoms with Gasteiger partial charge >= 0.3 is 0 Å². The predicted octanol–water partition coefficient (Wildman–Crippen LogP) is 10.6. The Hall–Kier alpha value is -6.56. The molecule has 10 nitrogen and oxygen atoms in total. The Balaban J connectivity index is 0.812. The number of rotatable bonds is 12. The first kappa shape index (κ1) is 44.6. The number of nitrogens with one attached hydrogen (secondary N) is 2. The number of ether oxygens (including phenoxy) is 2. The van der Waals surface area contributed by atoms with Gasteiger partial charge in [-0.2, -0.15) is 0 Å². The number of hydrogen-bond donors (Lipinski definition) is 4. The topological polar surface area (TPSA) is 115 Å². The molecule has 8 aliphatic rings. The van der Waals surface area contributed by atoms with Crippen molar-refractivity contribution in [2.24, 2.45) is 23.7 Å². The molecule has 0 aliphatic carbocycles. The van der Waals surface area contributed by atoms with Crippen molar-refractivity contribution in [2.45, 2.75) is 62.1 Å². The zero-order valence-corrected chi connectivity index (χ0v) is 40.0. The summed E-state index contributed by atoms with van der Waals surface area (Å²) in [6, 6.07) is 37.6. The lowest BCUT2D eigenvalue weighted by Crippen LogP contribution is -2.57. The molecule has 8 aliphatic heterocycles. The smallest absolute Gasteiger partial charge is 0.119 e. The van der Waals surface area contributed by atoms with Gasteiger partial charge in [0.1, 0.15) is 22.9 Å². The summed E-state index contributed by atoms with van der Waals surface area (Å²) < 4.78 is 11.3. The van der Waals surface area contributed by atoms with Gasteiger partial charge < -0.3 is 30.3 Å². The van der Waals surface area contributed by atoms with Gasteiger partial charge in [-0.3, -0.25) is 9.80 Å². The third-order valence-electron chi connectivity index (χ3n) is 16.8. The monoisotopic (exact) mass is 930 g/mol. The quantitative estimate of drug-likeness (QED) is 0.0885. The summed E-state index contributed by atoms with van der Waals surface area (Å²) in [7, 11) is 3.37. The lowest BCUT2D eigenvalue weighted by atomic mass is 9.73. The molecule has 10 heteroatoms. The number of piperidine rings is 6. The fourth-order valence-corrected chi connectivity index (χ4v) is 12.9. The maximum absolute atomic E-state index is 12.2. The maximum atomic E-state index is 12.2. The molecule has 4 bridgehead atoms. The minimum Gasteiger partial charge on any atom is -0.497 e. The van der Waals surface area contributed by atoms with E-state index in [1.165, 1.54) is 0 Å². The average molecular weight is 931 g/mol. The van der Waals surface area contributed by atoms with Gasteiger partial charge in [0.25, 0.3) is 0 Å². The number of methoxy groups -OCH3 is 2. The molecule has 6 saturated heterocycles. The first-order valence-electron chi connectivity index (χ1n) is 25.2. The van der Waals surface area contributed by atoms with Crippen molar-refractivity contribution in [2.75, 3.05) is 51.0 Å². The van der Waals surface area contributed by atoms with E-state index in [0.717, 1.165) is 141 Å². The van der Waals surface area contributed by atoms with Crippen molar-refractivity contribution < 1.29 is 19.7 Å². The van der Waals surface area contributed by atoms with E-state index in [1.54, 1.807) is 14.2 Å². The second kappa shape index (κ2) is 18.3. The van der Waals surface area contributed by atoms with Crippen molar-refractivity contribution in [3.8, 4) is 34.0 Å². The van der Waals surface area contributed by atoms with Crippen LogP contribution in [0, 0.1) is 23.7 Å². The molecule has 4 unspecified atom stereocenters. The van der Waals surface area contributed by atoms with E-state index in [-0.39, 0.29) is 24.2 Å². The fraction of sp³-hybridized carbons (Fsp3) is 0.333. The van der Waals surface area contributed by atoms with E-state index in [1.807, 2.05) is 24.3 Å². The molecule has 0 radical (unpaired) electrons. The highest BCUT2D eigenvalue weighted by molar-refractivity contribution is 6.01. The number of aliphatic hydroxyl groups is 2. The molecule has 12 atom stereocenters. The molecule has 14 rings (SSSR count). The van der Waals surface area contributed by atoms with Crippen molar-refractivity contribution in [1.82, 2.24) is 20.0 Å². The van der Waals surface area contributed by atoms with Crippen LogP contribution in [-0.4, -0.2) is 94.9 Å². The number of aromatic nitrogens is 2. The zero-order chi connectivity index (χ0) is 47.6. The molecule has 70 heavy (non-hydrogen) atoms. The molecule has 4 N–H and O–H groups in total. The van der Waals surface area contributed by atoms with E-state index in [2.05, 4.69) is 143 Å². The van der Waals surface area contributed by atoms with Crippen molar-refractivity contribution >= 4 is 33.3 Å². The van der Waals surface area contributed by atoms with Crippen LogP contribution in [0.4, 0.5) is 11.4 Å². The molecule has 9 heterocycles. The summed E-state index contributed by atoms with van der Waals surface area (Å²) >= 11 is 0. The van der Waals surface area contributed by atoms with Crippen LogP contribution >= 0.6 is 0 Å². The summed E-state index contributed by atoms with van der Waals surface area (Å²) in [6.45, 7) is 12.2. The van der Waals surface area contributed by atoms with Crippen LogP contribution in [0.25, 0.3) is 44.4 Å². The lowest BCUT2D eigenvalue weighted by Gasteiger charge is -2.51. The number of hydrogen-bond acceptors (Lipinski definition) is 10. The van der Waals surface area contributed by atoms with E-state index in [0.29, 0.717) is 23.7 Å². The summed E-state index contributed by atoms with van der Waals surface area (Å²) in [5.41, 5.74) is 11.6. The Labute approximate surface area is 411 Å². The van der Waals surface area contributed by atoms with Crippen LogP contribution in [0.3, 0.4) is 0 Å². The van der Waals surface area contributed by atoms with Gasteiger partial charge in [-0.1, -0.05) is 97.1 Å². The average Bonchev–Trinajstić information content (AvgIpc) is 3.43. The van der Waals surface area contributed by atoms with Gasteiger partial charge in [-0.25, -0.2) is 0 Å².